The molecular weight excluding hydrogens is 183 g/mol. The van der Waals surface area contributed by atoms with Gasteiger partial charge in [0.25, 0.3) is 0 Å². The molecule has 0 amide bonds. The molecule has 78 valence electrons. The highest BCUT2D eigenvalue weighted by molar-refractivity contribution is 5.17. The molecule has 0 aliphatic rings. The lowest BCUT2D eigenvalue weighted by Crippen LogP contribution is -2.37. The van der Waals surface area contributed by atoms with Crippen molar-refractivity contribution in [1.29, 1.82) is 0 Å². The van der Waals surface area contributed by atoms with E-state index < -0.39 is 11.6 Å². The largest absolute Gasteiger partial charge is 0.377 e. The summed E-state index contributed by atoms with van der Waals surface area (Å²) >= 11 is 0. The van der Waals surface area contributed by atoms with Crippen LogP contribution in [0.25, 0.3) is 0 Å². The monoisotopic (exact) mass is 198 g/mol. The van der Waals surface area contributed by atoms with Gasteiger partial charge in [-0.15, -0.1) is 0 Å². The maximum Gasteiger partial charge on any atom is 0.141 e. The zero-order chi connectivity index (χ0) is 10.8. The van der Waals surface area contributed by atoms with Crippen LogP contribution in [0, 0.1) is 5.82 Å². The van der Waals surface area contributed by atoms with Crippen LogP contribution in [0.1, 0.15) is 25.5 Å². The van der Waals surface area contributed by atoms with E-state index in [2.05, 4.69) is 4.98 Å². The molecule has 0 radical (unpaired) electrons. The van der Waals surface area contributed by atoms with E-state index in [1.165, 1.54) is 6.07 Å². The zero-order valence-corrected chi connectivity index (χ0v) is 8.62. The Kier molecular flexibility index (Phi) is 3.18. The lowest BCUT2D eigenvalue weighted by Gasteiger charge is -2.30. The summed E-state index contributed by atoms with van der Waals surface area (Å²) in [6.07, 6.45) is 2.70. The van der Waals surface area contributed by atoms with Gasteiger partial charge in [-0.3, -0.25) is 4.98 Å². The minimum Gasteiger partial charge on any atom is -0.377 e. The first-order chi connectivity index (χ1) is 6.47. The van der Waals surface area contributed by atoms with Crippen molar-refractivity contribution >= 4 is 0 Å². The van der Waals surface area contributed by atoms with Gasteiger partial charge >= 0.3 is 0 Å². The lowest BCUT2D eigenvalue weighted by molar-refractivity contribution is -0.000176. The van der Waals surface area contributed by atoms with Crippen LogP contribution < -0.4 is 5.73 Å². The summed E-state index contributed by atoms with van der Waals surface area (Å²) in [4.78, 5) is 3.74. The number of methoxy groups -OCH3 is 1. The van der Waals surface area contributed by atoms with Gasteiger partial charge < -0.3 is 10.5 Å². The van der Waals surface area contributed by atoms with Crippen molar-refractivity contribution in [2.24, 2.45) is 5.73 Å². The molecule has 0 bridgehead atoms. The molecule has 1 unspecified atom stereocenters. The average molecular weight is 198 g/mol. The molecule has 3 nitrogen and oxygen atoms in total. The molecule has 0 aliphatic carbocycles. The third-order valence-corrected chi connectivity index (χ3v) is 2.36. The number of rotatable bonds is 3. The Morgan fingerprint density at radius 2 is 2.14 bits per heavy atom. The predicted molar refractivity (Wildman–Crippen MR) is 52.2 cm³/mol. The van der Waals surface area contributed by atoms with Crippen LogP contribution >= 0.6 is 0 Å². The number of aromatic nitrogens is 1. The van der Waals surface area contributed by atoms with Crippen molar-refractivity contribution in [1.82, 2.24) is 4.98 Å². The van der Waals surface area contributed by atoms with Gasteiger partial charge in [0.15, 0.2) is 0 Å². The van der Waals surface area contributed by atoms with E-state index in [0.717, 1.165) is 6.20 Å². The van der Waals surface area contributed by atoms with Crippen LogP contribution in [-0.2, 0) is 4.74 Å². The highest BCUT2D eigenvalue weighted by Gasteiger charge is 2.27. The van der Waals surface area contributed by atoms with Crippen LogP contribution in [0.4, 0.5) is 4.39 Å². The highest BCUT2D eigenvalue weighted by atomic mass is 19.1. The molecule has 1 aromatic rings. The van der Waals surface area contributed by atoms with Gasteiger partial charge in [-0.05, 0) is 25.5 Å². The first-order valence-electron chi connectivity index (χ1n) is 4.38. The fraction of sp³-hybridized carbons (Fsp3) is 0.500. The minimum atomic E-state index is -0.532. The molecule has 1 rings (SSSR count). The first kappa shape index (κ1) is 11.1. The van der Waals surface area contributed by atoms with Crippen LogP contribution in [-0.4, -0.2) is 17.7 Å². The summed E-state index contributed by atoms with van der Waals surface area (Å²) in [5.74, 6) is -0.384. The molecule has 0 saturated heterocycles. The summed E-state index contributed by atoms with van der Waals surface area (Å²) in [5, 5.41) is 0. The Morgan fingerprint density at radius 3 is 2.64 bits per heavy atom. The number of hydrogen-bond donors (Lipinski definition) is 1. The molecule has 14 heavy (non-hydrogen) atoms. The average Bonchev–Trinajstić information content (AvgIpc) is 2.16. The Hall–Kier alpha value is -1.00. The summed E-state index contributed by atoms with van der Waals surface area (Å²) in [7, 11) is 1.58. The van der Waals surface area contributed by atoms with Crippen LogP contribution in [0.3, 0.4) is 0 Å². The number of halogens is 1. The molecular formula is C10H15FN2O. The Labute approximate surface area is 83.1 Å². The van der Waals surface area contributed by atoms with Gasteiger partial charge in [-0.25, -0.2) is 4.39 Å². The van der Waals surface area contributed by atoms with E-state index in [-0.39, 0.29) is 5.82 Å². The predicted octanol–water partition coefficient (Wildman–Crippen LogP) is 1.65. The van der Waals surface area contributed by atoms with E-state index >= 15 is 0 Å². The van der Waals surface area contributed by atoms with Crippen LogP contribution in [0.15, 0.2) is 18.5 Å². The molecule has 0 spiro atoms. The van der Waals surface area contributed by atoms with Gasteiger partial charge in [0, 0.05) is 13.3 Å². The molecule has 0 saturated carbocycles. The smallest absolute Gasteiger partial charge is 0.141 e. The quantitative estimate of drug-likeness (QED) is 0.803. The lowest BCUT2D eigenvalue weighted by atomic mass is 9.93. The number of hydrogen-bond acceptors (Lipinski definition) is 3. The molecule has 0 aliphatic heterocycles. The number of pyridine rings is 1. The summed E-state index contributed by atoms with van der Waals surface area (Å²) in [6.45, 7) is 3.70. The van der Waals surface area contributed by atoms with Crippen molar-refractivity contribution in [3.05, 3.63) is 29.8 Å². The standard InChI is InChI=1S/C10H15FN2O/c1-10(2,14-3)9(12)7-4-8(11)6-13-5-7/h4-6,9H,12H2,1-3H3. The second-order valence-corrected chi connectivity index (χ2v) is 3.72. The van der Waals surface area contributed by atoms with Crippen molar-refractivity contribution < 1.29 is 9.13 Å². The normalized spacial score (nSPS) is 14.1. The summed E-state index contributed by atoms with van der Waals surface area (Å²) in [5.41, 5.74) is 6.02. The fourth-order valence-corrected chi connectivity index (χ4v) is 1.13. The zero-order valence-electron chi connectivity index (χ0n) is 8.62. The SMILES string of the molecule is COC(C)(C)C(N)c1cncc(F)c1. The summed E-state index contributed by atoms with van der Waals surface area (Å²) in [6, 6.07) is 0.981. The molecule has 1 atom stereocenters. The molecule has 0 fully saturated rings. The van der Waals surface area contributed by atoms with Gasteiger partial charge in [-0.2, -0.15) is 0 Å². The van der Waals surface area contributed by atoms with Crippen molar-refractivity contribution in [2.45, 2.75) is 25.5 Å². The molecule has 1 heterocycles. The van der Waals surface area contributed by atoms with Gasteiger partial charge in [0.2, 0.25) is 0 Å². The van der Waals surface area contributed by atoms with E-state index in [1.54, 1.807) is 13.3 Å². The molecule has 4 heteroatoms. The highest BCUT2D eigenvalue weighted by Crippen LogP contribution is 2.25. The van der Waals surface area contributed by atoms with Crippen LogP contribution in [0.2, 0.25) is 0 Å². The van der Waals surface area contributed by atoms with Gasteiger partial charge in [0.1, 0.15) is 5.82 Å². The third kappa shape index (κ3) is 2.27. The second-order valence-electron chi connectivity index (χ2n) is 3.72. The van der Waals surface area contributed by atoms with Crippen LogP contribution in [0.5, 0.6) is 0 Å². The molecule has 0 aromatic carbocycles. The second kappa shape index (κ2) is 4.02. The minimum absolute atomic E-state index is 0.384. The van der Waals surface area contributed by atoms with Crippen molar-refractivity contribution in [3.63, 3.8) is 0 Å². The first-order valence-corrected chi connectivity index (χ1v) is 4.38. The van der Waals surface area contributed by atoms with Gasteiger partial charge in [-0.1, -0.05) is 0 Å². The number of ether oxygens (including phenoxy) is 1. The van der Waals surface area contributed by atoms with E-state index in [0.29, 0.717) is 5.56 Å². The number of nitrogens with zero attached hydrogens (tertiary/aromatic N) is 1. The third-order valence-electron chi connectivity index (χ3n) is 2.36. The molecule has 1 aromatic heterocycles. The topological polar surface area (TPSA) is 48.1 Å². The summed E-state index contributed by atoms with van der Waals surface area (Å²) < 4.78 is 18.1. The van der Waals surface area contributed by atoms with E-state index in [1.807, 2.05) is 13.8 Å². The molecule has 2 N–H and O–H groups in total. The fourth-order valence-electron chi connectivity index (χ4n) is 1.13. The maximum atomic E-state index is 12.9. The van der Waals surface area contributed by atoms with E-state index in [9.17, 15) is 4.39 Å². The Bertz CT molecular complexity index is 315. The van der Waals surface area contributed by atoms with Gasteiger partial charge in [0.05, 0.1) is 17.8 Å². The van der Waals surface area contributed by atoms with E-state index in [4.69, 9.17) is 10.5 Å². The number of nitrogens with two attached hydrogens (primary N) is 1. The van der Waals surface area contributed by atoms with Crippen molar-refractivity contribution in [3.8, 4) is 0 Å². The Balaban J connectivity index is 2.94. The Morgan fingerprint density at radius 1 is 1.50 bits per heavy atom. The van der Waals surface area contributed by atoms with Crippen molar-refractivity contribution in [2.75, 3.05) is 7.11 Å². The maximum absolute atomic E-state index is 12.9.